The van der Waals surface area contributed by atoms with Crippen molar-refractivity contribution in [1.29, 1.82) is 0 Å². The van der Waals surface area contributed by atoms with Crippen molar-refractivity contribution in [1.82, 2.24) is 0 Å². The third-order valence-corrected chi connectivity index (χ3v) is 6.88. The number of carbonyl (C=O) groups is 2. The molecular formula is C22H22N4O7S. The van der Waals surface area contributed by atoms with Crippen LogP contribution >= 0.6 is 0 Å². The lowest BCUT2D eigenvalue weighted by molar-refractivity contribution is -0.384. The number of fused-ring (bicyclic) bond motifs is 3. The van der Waals surface area contributed by atoms with Crippen molar-refractivity contribution in [3.05, 3.63) is 57.6 Å². The summed E-state index contributed by atoms with van der Waals surface area (Å²) < 4.78 is 34.4. The monoisotopic (exact) mass is 486 g/mol. The molecule has 0 bridgehead atoms. The number of amidine groups is 1. The molecule has 1 amide bonds. The minimum absolute atomic E-state index is 0.0253. The minimum Gasteiger partial charge on any atom is -0.452 e. The molecule has 2 heterocycles. The van der Waals surface area contributed by atoms with Crippen LogP contribution in [0.5, 0.6) is 0 Å². The summed E-state index contributed by atoms with van der Waals surface area (Å²) in [5.74, 6) is -1.18. The van der Waals surface area contributed by atoms with Crippen molar-refractivity contribution >= 4 is 44.8 Å². The summed E-state index contributed by atoms with van der Waals surface area (Å²) >= 11 is 0. The van der Waals surface area contributed by atoms with Gasteiger partial charge in [0.2, 0.25) is 0 Å². The van der Waals surface area contributed by atoms with Crippen LogP contribution in [0.3, 0.4) is 0 Å². The molecule has 0 spiro atoms. The Hall–Kier alpha value is -3.80. The van der Waals surface area contributed by atoms with E-state index in [2.05, 4.69) is 9.71 Å². The number of nitro groups is 1. The minimum atomic E-state index is -3.98. The van der Waals surface area contributed by atoms with Gasteiger partial charge in [-0.1, -0.05) is 12.5 Å². The van der Waals surface area contributed by atoms with Gasteiger partial charge in [-0.25, -0.2) is 4.79 Å². The van der Waals surface area contributed by atoms with Gasteiger partial charge >= 0.3 is 5.97 Å². The molecule has 0 saturated carbocycles. The quantitative estimate of drug-likeness (QED) is 0.385. The van der Waals surface area contributed by atoms with Crippen molar-refractivity contribution < 1.29 is 27.7 Å². The van der Waals surface area contributed by atoms with Gasteiger partial charge in [-0.15, -0.1) is 4.40 Å². The predicted molar refractivity (Wildman–Crippen MR) is 124 cm³/mol. The number of esters is 1. The number of nitro benzene ring substituents is 1. The normalized spacial score (nSPS) is 16.4. The highest BCUT2D eigenvalue weighted by molar-refractivity contribution is 7.90. The fourth-order valence-corrected chi connectivity index (χ4v) is 5.19. The van der Waals surface area contributed by atoms with Crippen LogP contribution in [0.2, 0.25) is 0 Å². The zero-order valence-electron chi connectivity index (χ0n) is 18.3. The molecule has 0 unspecified atom stereocenters. The van der Waals surface area contributed by atoms with Crippen molar-refractivity contribution in [2.24, 2.45) is 4.40 Å². The number of rotatable bonds is 5. The van der Waals surface area contributed by atoms with Crippen molar-refractivity contribution in [3.8, 4) is 0 Å². The fraction of sp³-hybridized carbons (Fsp3) is 0.318. The number of hydrogen-bond donors (Lipinski definition) is 1. The Morgan fingerprint density at radius 2 is 1.97 bits per heavy atom. The SMILES string of the molecule is Cc1ccc(NC(=O)COC(=O)c2ccc3c(c2)S(=O)(=O)N=C2CCCCCN23)c([N+](=O)[O-])c1. The molecule has 178 valence electrons. The highest BCUT2D eigenvalue weighted by Crippen LogP contribution is 2.35. The topological polar surface area (TPSA) is 148 Å². The van der Waals surface area contributed by atoms with E-state index in [4.69, 9.17) is 4.74 Å². The maximum Gasteiger partial charge on any atom is 0.338 e. The van der Waals surface area contributed by atoms with E-state index in [-0.39, 0.29) is 21.8 Å². The van der Waals surface area contributed by atoms with Crippen LogP contribution in [0.1, 0.15) is 41.6 Å². The van der Waals surface area contributed by atoms with Crippen LogP contribution in [0.4, 0.5) is 17.1 Å². The summed E-state index contributed by atoms with van der Waals surface area (Å²) in [5, 5.41) is 13.5. The van der Waals surface area contributed by atoms with Crippen molar-refractivity contribution in [2.75, 3.05) is 23.4 Å². The van der Waals surface area contributed by atoms with E-state index in [9.17, 15) is 28.1 Å². The lowest BCUT2D eigenvalue weighted by Gasteiger charge is -2.29. The van der Waals surface area contributed by atoms with Crippen LogP contribution < -0.4 is 10.2 Å². The van der Waals surface area contributed by atoms with Gasteiger partial charge in [0.25, 0.3) is 21.6 Å². The Morgan fingerprint density at radius 3 is 2.74 bits per heavy atom. The molecule has 1 saturated heterocycles. The fourth-order valence-electron chi connectivity index (χ4n) is 3.91. The van der Waals surface area contributed by atoms with Gasteiger partial charge in [0, 0.05) is 19.0 Å². The van der Waals surface area contributed by atoms with E-state index in [1.807, 2.05) is 4.90 Å². The molecule has 2 aliphatic rings. The number of nitrogens with zero attached hydrogens (tertiary/aromatic N) is 3. The molecule has 34 heavy (non-hydrogen) atoms. The molecule has 2 aromatic carbocycles. The molecular weight excluding hydrogens is 464 g/mol. The average molecular weight is 487 g/mol. The molecule has 0 radical (unpaired) electrons. The summed E-state index contributed by atoms with van der Waals surface area (Å²) in [6.45, 7) is 1.61. The molecule has 2 aliphatic heterocycles. The lowest BCUT2D eigenvalue weighted by atomic mass is 10.2. The smallest absolute Gasteiger partial charge is 0.338 e. The average Bonchev–Trinajstić information content (AvgIpc) is 3.03. The molecule has 12 heteroatoms. The van der Waals surface area contributed by atoms with Crippen molar-refractivity contribution in [2.45, 2.75) is 37.5 Å². The van der Waals surface area contributed by atoms with E-state index >= 15 is 0 Å². The predicted octanol–water partition coefficient (Wildman–Crippen LogP) is 3.18. The molecule has 1 fully saturated rings. The number of sulfonamides is 1. The Morgan fingerprint density at radius 1 is 1.18 bits per heavy atom. The molecule has 1 N–H and O–H groups in total. The molecule has 11 nitrogen and oxygen atoms in total. The number of carbonyl (C=O) groups excluding carboxylic acids is 2. The molecule has 0 atom stereocenters. The number of aryl methyl sites for hydroxylation is 1. The van der Waals surface area contributed by atoms with Gasteiger partial charge in [0.1, 0.15) is 16.4 Å². The lowest BCUT2D eigenvalue weighted by Crippen LogP contribution is -2.35. The second-order valence-electron chi connectivity index (χ2n) is 8.03. The zero-order valence-corrected chi connectivity index (χ0v) is 19.1. The number of ether oxygens (including phenoxy) is 1. The zero-order chi connectivity index (χ0) is 24.5. The Labute approximate surface area is 195 Å². The highest BCUT2D eigenvalue weighted by Gasteiger charge is 2.32. The largest absolute Gasteiger partial charge is 0.452 e. The van der Waals surface area contributed by atoms with Gasteiger partial charge in [-0.2, -0.15) is 8.42 Å². The summed E-state index contributed by atoms with van der Waals surface area (Å²) in [4.78, 5) is 37.0. The van der Waals surface area contributed by atoms with E-state index in [1.165, 1.54) is 24.3 Å². The van der Waals surface area contributed by atoms with Crippen LogP contribution in [0, 0.1) is 17.0 Å². The summed E-state index contributed by atoms with van der Waals surface area (Å²) in [6.07, 6.45) is 3.30. The van der Waals surface area contributed by atoms with Gasteiger partial charge in [-0.3, -0.25) is 14.9 Å². The summed E-state index contributed by atoms with van der Waals surface area (Å²) in [7, 11) is -3.98. The van der Waals surface area contributed by atoms with Crippen LogP contribution in [0.15, 0.2) is 45.7 Å². The third-order valence-electron chi connectivity index (χ3n) is 5.54. The summed E-state index contributed by atoms with van der Waals surface area (Å²) in [6, 6.07) is 8.47. The maximum absolute atomic E-state index is 12.7. The Kier molecular flexibility index (Phi) is 6.33. The second kappa shape index (κ2) is 9.21. The number of nitrogens with one attached hydrogen (secondary N) is 1. The number of anilines is 2. The van der Waals surface area contributed by atoms with E-state index in [0.29, 0.717) is 30.1 Å². The Balaban J connectivity index is 1.47. The second-order valence-corrected chi connectivity index (χ2v) is 9.60. The van der Waals surface area contributed by atoms with E-state index in [0.717, 1.165) is 19.3 Å². The van der Waals surface area contributed by atoms with E-state index in [1.54, 1.807) is 19.1 Å². The van der Waals surface area contributed by atoms with Crippen molar-refractivity contribution in [3.63, 3.8) is 0 Å². The first kappa shape index (κ1) is 23.4. The molecule has 4 rings (SSSR count). The van der Waals surface area contributed by atoms with Crippen LogP contribution in [-0.4, -0.2) is 44.2 Å². The number of hydrogen-bond acceptors (Lipinski definition) is 8. The molecule has 0 aromatic heterocycles. The number of amides is 1. The first-order valence-electron chi connectivity index (χ1n) is 10.6. The van der Waals surface area contributed by atoms with Gasteiger partial charge in [0.15, 0.2) is 6.61 Å². The van der Waals surface area contributed by atoms with Crippen LogP contribution in [0.25, 0.3) is 0 Å². The summed E-state index contributed by atoms with van der Waals surface area (Å²) in [5.41, 5.74) is 0.753. The first-order valence-corrected chi connectivity index (χ1v) is 12.1. The highest BCUT2D eigenvalue weighted by atomic mass is 32.2. The first-order chi connectivity index (χ1) is 16.2. The van der Waals surface area contributed by atoms with Gasteiger partial charge < -0.3 is 15.0 Å². The Bertz CT molecular complexity index is 1320. The van der Waals surface area contributed by atoms with Gasteiger partial charge in [-0.05, 0) is 49.6 Å². The number of benzene rings is 2. The molecule has 0 aliphatic carbocycles. The molecule has 2 aromatic rings. The van der Waals surface area contributed by atoms with E-state index < -0.39 is 33.4 Å². The maximum atomic E-state index is 12.7. The third kappa shape index (κ3) is 4.76. The standard InChI is InChI=1S/C22H22N4O7S/c1-14-6-8-16(18(11-14)26(29)30)23-21(27)13-33-22(28)15-7-9-17-19(12-15)34(31,32)24-20-5-3-2-4-10-25(17)20/h6-9,11-12H,2-5,10,13H2,1H3,(H,23,27). The van der Waals surface area contributed by atoms with Gasteiger partial charge in [0.05, 0.1) is 16.2 Å². The van der Waals surface area contributed by atoms with Crippen LogP contribution in [-0.2, 0) is 19.6 Å².